The fourth-order valence-corrected chi connectivity index (χ4v) is 3.05. The number of aromatic nitrogens is 2. The fraction of sp³-hybridized carbons (Fsp3) is 0.389. The van der Waals surface area contributed by atoms with E-state index in [0.29, 0.717) is 29.9 Å². The van der Waals surface area contributed by atoms with Crippen LogP contribution in [0.4, 0.5) is 0 Å². The summed E-state index contributed by atoms with van der Waals surface area (Å²) in [5.41, 5.74) is 1.70. The molecule has 0 saturated carbocycles. The number of piperidine rings is 1. The van der Waals surface area contributed by atoms with Crippen molar-refractivity contribution in [3.05, 3.63) is 52.2 Å². The van der Waals surface area contributed by atoms with Crippen LogP contribution in [0.5, 0.6) is 0 Å². The van der Waals surface area contributed by atoms with Crippen LogP contribution in [0.2, 0.25) is 5.02 Å². The third-order valence-electron chi connectivity index (χ3n) is 4.26. The van der Waals surface area contributed by atoms with E-state index in [1.54, 1.807) is 6.92 Å². The Morgan fingerprint density at radius 2 is 1.92 bits per heavy atom. The van der Waals surface area contributed by atoms with Crippen molar-refractivity contribution in [3.63, 3.8) is 0 Å². The van der Waals surface area contributed by atoms with Gasteiger partial charge < -0.3 is 9.32 Å². The van der Waals surface area contributed by atoms with E-state index in [4.69, 9.17) is 16.0 Å². The first-order chi connectivity index (χ1) is 11.5. The zero-order valence-electron chi connectivity index (χ0n) is 13.8. The molecule has 6 heteroatoms. The van der Waals surface area contributed by atoms with Crippen molar-refractivity contribution in [2.24, 2.45) is 0 Å². The number of likely N-dealkylation sites (tertiary alicyclic amines) is 1. The second kappa shape index (κ2) is 7.18. The lowest BCUT2D eigenvalue weighted by Crippen LogP contribution is -2.38. The highest BCUT2D eigenvalue weighted by atomic mass is 35.5. The molecule has 0 unspecified atom stereocenters. The Labute approximate surface area is 146 Å². The molecular weight excluding hydrogens is 326 g/mol. The molecule has 0 radical (unpaired) electrons. The van der Waals surface area contributed by atoms with E-state index in [-0.39, 0.29) is 11.8 Å². The number of halogens is 1. The fourth-order valence-electron chi connectivity index (χ4n) is 2.93. The Bertz CT molecular complexity index is 744. The number of benzene rings is 1. The van der Waals surface area contributed by atoms with Crippen LogP contribution in [-0.4, -0.2) is 34.1 Å². The van der Waals surface area contributed by atoms with Crippen LogP contribution in [0, 0.1) is 6.92 Å². The minimum atomic E-state index is 0.0742. The molecule has 1 aliphatic heterocycles. The topological polar surface area (TPSA) is 59.2 Å². The van der Waals surface area contributed by atoms with E-state index < -0.39 is 0 Å². The lowest BCUT2D eigenvalue weighted by molar-refractivity contribution is -0.128. The molecule has 0 atom stereocenters. The Kier molecular flexibility index (Phi) is 5.00. The van der Waals surface area contributed by atoms with Crippen LogP contribution in [0.15, 0.2) is 34.3 Å². The molecule has 3 rings (SSSR count). The SMILES string of the molecule is C/C(=C\c1ccc(Cl)cc1)C(=O)N1CCC(c2nnc(C)o2)CC1. The second-order valence-electron chi connectivity index (χ2n) is 6.10. The first kappa shape index (κ1) is 16.7. The highest BCUT2D eigenvalue weighted by molar-refractivity contribution is 6.30. The van der Waals surface area contributed by atoms with Gasteiger partial charge in [-0.15, -0.1) is 10.2 Å². The number of nitrogens with zero attached hydrogens (tertiary/aromatic N) is 3. The summed E-state index contributed by atoms with van der Waals surface area (Å²) in [6, 6.07) is 7.46. The molecular formula is C18H20ClN3O2. The second-order valence-corrected chi connectivity index (χ2v) is 6.54. The van der Waals surface area contributed by atoms with Gasteiger partial charge in [-0.1, -0.05) is 23.7 Å². The van der Waals surface area contributed by atoms with Crippen LogP contribution in [0.25, 0.3) is 6.08 Å². The van der Waals surface area contributed by atoms with E-state index in [2.05, 4.69) is 10.2 Å². The lowest BCUT2D eigenvalue weighted by Gasteiger charge is -2.30. The first-order valence-electron chi connectivity index (χ1n) is 8.06. The molecule has 1 fully saturated rings. The number of hydrogen-bond acceptors (Lipinski definition) is 4. The Balaban J connectivity index is 1.61. The summed E-state index contributed by atoms with van der Waals surface area (Å²) in [5.74, 6) is 1.60. The van der Waals surface area contributed by atoms with Gasteiger partial charge in [-0.3, -0.25) is 4.79 Å². The van der Waals surface area contributed by atoms with Gasteiger partial charge in [0.1, 0.15) is 0 Å². The minimum Gasteiger partial charge on any atom is -0.425 e. The average molecular weight is 346 g/mol. The third-order valence-corrected chi connectivity index (χ3v) is 4.52. The Morgan fingerprint density at radius 1 is 1.25 bits per heavy atom. The van der Waals surface area contributed by atoms with Crippen molar-refractivity contribution in [2.45, 2.75) is 32.6 Å². The van der Waals surface area contributed by atoms with Gasteiger partial charge in [-0.2, -0.15) is 0 Å². The van der Waals surface area contributed by atoms with Gasteiger partial charge in [-0.25, -0.2) is 0 Å². The summed E-state index contributed by atoms with van der Waals surface area (Å²) in [5, 5.41) is 8.67. The van der Waals surface area contributed by atoms with Gasteiger partial charge in [0.15, 0.2) is 0 Å². The molecule has 2 heterocycles. The molecule has 24 heavy (non-hydrogen) atoms. The lowest BCUT2D eigenvalue weighted by atomic mass is 9.96. The number of amides is 1. The molecule has 2 aromatic rings. The first-order valence-corrected chi connectivity index (χ1v) is 8.44. The molecule has 0 aliphatic carbocycles. The van der Waals surface area contributed by atoms with Crippen molar-refractivity contribution in [2.75, 3.05) is 13.1 Å². The van der Waals surface area contributed by atoms with Crippen LogP contribution in [0.1, 0.15) is 43.0 Å². The monoisotopic (exact) mass is 345 g/mol. The average Bonchev–Trinajstić information content (AvgIpc) is 3.03. The van der Waals surface area contributed by atoms with Crippen molar-refractivity contribution in [1.82, 2.24) is 15.1 Å². The maximum atomic E-state index is 12.6. The predicted octanol–water partition coefficient (Wildman–Crippen LogP) is 3.84. The maximum absolute atomic E-state index is 12.6. The normalized spacial score (nSPS) is 16.5. The number of carbonyl (C=O) groups is 1. The molecule has 5 nitrogen and oxygen atoms in total. The quantitative estimate of drug-likeness (QED) is 0.793. The Hall–Kier alpha value is -2.14. The molecule has 0 bridgehead atoms. The van der Waals surface area contributed by atoms with E-state index >= 15 is 0 Å². The molecule has 126 valence electrons. The van der Waals surface area contributed by atoms with Gasteiger partial charge in [0, 0.05) is 36.5 Å². The van der Waals surface area contributed by atoms with Gasteiger partial charge in [0.2, 0.25) is 17.7 Å². The predicted molar refractivity (Wildman–Crippen MR) is 92.7 cm³/mol. The number of aryl methyl sites for hydroxylation is 1. The summed E-state index contributed by atoms with van der Waals surface area (Å²) in [7, 11) is 0. The number of carbonyl (C=O) groups excluding carboxylic acids is 1. The highest BCUT2D eigenvalue weighted by Gasteiger charge is 2.27. The molecule has 1 saturated heterocycles. The van der Waals surface area contributed by atoms with E-state index in [0.717, 1.165) is 24.0 Å². The minimum absolute atomic E-state index is 0.0742. The molecule has 0 spiro atoms. The van der Waals surface area contributed by atoms with Gasteiger partial charge in [0.25, 0.3) is 0 Å². The molecule has 1 aromatic carbocycles. The Morgan fingerprint density at radius 3 is 2.50 bits per heavy atom. The molecule has 1 aromatic heterocycles. The van der Waals surface area contributed by atoms with Crippen LogP contribution >= 0.6 is 11.6 Å². The number of hydrogen-bond donors (Lipinski definition) is 0. The van der Waals surface area contributed by atoms with Crippen molar-refractivity contribution >= 4 is 23.6 Å². The maximum Gasteiger partial charge on any atom is 0.249 e. The summed E-state index contributed by atoms with van der Waals surface area (Å²) < 4.78 is 5.51. The zero-order chi connectivity index (χ0) is 17.1. The van der Waals surface area contributed by atoms with Crippen LogP contribution < -0.4 is 0 Å². The largest absolute Gasteiger partial charge is 0.425 e. The van der Waals surface area contributed by atoms with E-state index in [1.807, 2.05) is 42.2 Å². The zero-order valence-corrected chi connectivity index (χ0v) is 14.6. The van der Waals surface area contributed by atoms with Gasteiger partial charge in [0.05, 0.1) is 0 Å². The van der Waals surface area contributed by atoms with Crippen LogP contribution in [-0.2, 0) is 4.79 Å². The van der Waals surface area contributed by atoms with Gasteiger partial charge in [-0.05, 0) is 43.5 Å². The number of rotatable bonds is 3. The van der Waals surface area contributed by atoms with Gasteiger partial charge >= 0.3 is 0 Å². The third kappa shape index (κ3) is 3.85. The van der Waals surface area contributed by atoms with Crippen LogP contribution in [0.3, 0.4) is 0 Å². The summed E-state index contributed by atoms with van der Waals surface area (Å²) >= 11 is 5.89. The molecule has 1 amide bonds. The summed E-state index contributed by atoms with van der Waals surface area (Å²) in [6.45, 7) is 5.05. The molecule has 0 N–H and O–H groups in total. The van der Waals surface area contributed by atoms with Crippen molar-refractivity contribution in [3.8, 4) is 0 Å². The van der Waals surface area contributed by atoms with Crippen molar-refractivity contribution < 1.29 is 9.21 Å². The summed E-state index contributed by atoms with van der Waals surface area (Å²) in [6.07, 6.45) is 3.59. The summed E-state index contributed by atoms with van der Waals surface area (Å²) in [4.78, 5) is 14.5. The highest BCUT2D eigenvalue weighted by Crippen LogP contribution is 2.27. The smallest absolute Gasteiger partial charge is 0.249 e. The van der Waals surface area contributed by atoms with Crippen molar-refractivity contribution in [1.29, 1.82) is 0 Å². The van der Waals surface area contributed by atoms with E-state index in [9.17, 15) is 4.79 Å². The molecule has 1 aliphatic rings. The van der Waals surface area contributed by atoms with E-state index in [1.165, 1.54) is 0 Å². The standard InChI is InChI=1S/C18H20ClN3O2/c1-12(11-14-3-5-16(19)6-4-14)18(23)22-9-7-15(8-10-22)17-21-20-13(2)24-17/h3-6,11,15H,7-10H2,1-2H3/b12-11+.